The number of thiazole rings is 1. The predicted octanol–water partition coefficient (Wildman–Crippen LogP) is 3.44. The monoisotopic (exact) mass is 341 g/mol. The maximum Gasteiger partial charge on any atom is 0.263 e. The molecule has 5 nitrogen and oxygen atoms in total. The fourth-order valence-corrected chi connectivity index (χ4v) is 3.23. The third-order valence-corrected chi connectivity index (χ3v) is 4.75. The van der Waals surface area contributed by atoms with Gasteiger partial charge in [-0.25, -0.2) is 4.98 Å². The van der Waals surface area contributed by atoms with E-state index in [2.05, 4.69) is 10.3 Å². The van der Waals surface area contributed by atoms with E-state index >= 15 is 0 Å². The standard InChI is InChI=1S/C18H19N3O2S/c1-21(2)14(15-9-6-10-23-15)11-19-17(22)16-12-20-18(24-16)13-7-4-3-5-8-13/h3-10,12,14H,11H2,1-2H3,(H,19,22). The molecule has 3 aromatic rings. The number of hydrogen-bond acceptors (Lipinski definition) is 5. The first kappa shape index (κ1) is 16.4. The van der Waals surface area contributed by atoms with Crippen molar-refractivity contribution in [1.82, 2.24) is 15.2 Å². The van der Waals surface area contributed by atoms with Crippen molar-refractivity contribution >= 4 is 17.2 Å². The molecule has 1 aromatic carbocycles. The van der Waals surface area contributed by atoms with Crippen LogP contribution >= 0.6 is 11.3 Å². The first-order chi connectivity index (χ1) is 11.6. The SMILES string of the molecule is CN(C)C(CNC(=O)c1cnc(-c2ccccc2)s1)c1ccco1. The maximum absolute atomic E-state index is 12.4. The van der Waals surface area contributed by atoms with Crippen LogP contribution in [0.4, 0.5) is 0 Å². The molecule has 0 spiro atoms. The van der Waals surface area contributed by atoms with Gasteiger partial charge in [-0.15, -0.1) is 11.3 Å². The largest absolute Gasteiger partial charge is 0.468 e. The zero-order valence-electron chi connectivity index (χ0n) is 13.6. The third kappa shape index (κ3) is 3.72. The highest BCUT2D eigenvalue weighted by atomic mass is 32.1. The summed E-state index contributed by atoms with van der Waals surface area (Å²) in [5.41, 5.74) is 1.02. The second kappa shape index (κ2) is 7.42. The van der Waals surface area contributed by atoms with E-state index in [4.69, 9.17) is 4.42 Å². The Hall–Kier alpha value is -2.44. The minimum Gasteiger partial charge on any atom is -0.468 e. The number of carbonyl (C=O) groups excluding carboxylic acids is 1. The Morgan fingerprint density at radius 3 is 2.71 bits per heavy atom. The van der Waals surface area contributed by atoms with Crippen LogP contribution in [0.3, 0.4) is 0 Å². The molecule has 3 rings (SSSR count). The number of likely N-dealkylation sites (N-methyl/N-ethyl adjacent to an activating group) is 1. The highest BCUT2D eigenvalue weighted by Gasteiger charge is 2.19. The Kier molecular flexibility index (Phi) is 5.08. The van der Waals surface area contributed by atoms with Gasteiger partial charge in [0.2, 0.25) is 0 Å². The van der Waals surface area contributed by atoms with Gasteiger partial charge < -0.3 is 9.73 Å². The van der Waals surface area contributed by atoms with Gasteiger partial charge in [-0.3, -0.25) is 9.69 Å². The van der Waals surface area contributed by atoms with Crippen molar-refractivity contribution in [2.75, 3.05) is 20.6 Å². The fourth-order valence-electron chi connectivity index (χ4n) is 2.39. The van der Waals surface area contributed by atoms with Crippen LogP contribution in [-0.2, 0) is 0 Å². The lowest BCUT2D eigenvalue weighted by atomic mass is 10.2. The molecule has 0 aliphatic heterocycles. The number of carbonyl (C=O) groups is 1. The summed E-state index contributed by atoms with van der Waals surface area (Å²) < 4.78 is 5.45. The van der Waals surface area contributed by atoms with Crippen molar-refractivity contribution in [3.63, 3.8) is 0 Å². The quantitative estimate of drug-likeness (QED) is 0.746. The van der Waals surface area contributed by atoms with Crippen molar-refractivity contribution in [3.05, 3.63) is 65.6 Å². The molecular formula is C18H19N3O2S. The molecule has 1 unspecified atom stereocenters. The number of hydrogen-bond donors (Lipinski definition) is 1. The van der Waals surface area contributed by atoms with Gasteiger partial charge in [-0.05, 0) is 26.2 Å². The topological polar surface area (TPSA) is 58.4 Å². The molecule has 0 saturated carbocycles. The Bertz CT molecular complexity index is 782. The van der Waals surface area contributed by atoms with Gasteiger partial charge in [0.1, 0.15) is 15.6 Å². The van der Waals surface area contributed by atoms with E-state index in [1.54, 1.807) is 12.5 Å². The molecule has 2 heterocycles. The van der Waals surface area contributed by atoms with Crippen LogP contribution in [0, 0.1) is 0 Å². The van der Waals surface area contributed by atoms with E-state index in [1.165, 1.54) is 11.3 Å². The third-order valence-electron chi connectivity index (χ3n) is 3.70. The number of amides is 1. The molecule has 0 saturated heterocycles. The first-order valence-electron chi connectivity index (χ1n) is 7.64. The molecule has 0 fully saturated rings. The van der Waals surface area contributed by atoms with Crippen molar-refractivity contribution in [2.24, 2.45) is 0 Å². The average Bonchev–Trinajstić information content (AvgIpc) is 3.27. The second-order valence-corrected chi connectivity index (χ2v) is 6.63. The summed E-state index contributed by atoms with van der Waals surface area (Å²) in [6.07, 6.45) is 3.27. The molecule has 124 valence electrons. The van der Waals surface area contributed by atoms with Gasteiger partial charge in [-0.1, -0.05) is 30.3 Å². The molecule has 0 bridgehead atoms. The molecule has 0 aliphatic carbocycles. The van der Waals surface area contributed by atoms with Crippen molar-refractivity contribution in [1.29, 1.82) is 0 Å². The predicted molar refractivity (Wildman–Crippen MR) is 95.0 cm³/mol. The lowest BCUT2D eigenvalue weighted by molar-refractivity contribution is 0.0943. The summed E-state index contributed by atoms with van der Waals surface area (Å²) in [5.74, 6) is 0.711. The normalized spacial score (nSPS) is 12.3. The van der Waals surface area contributed by atoms with Crippen LogP contribution < -0.4 is 5.32 Å². The zero-order chi connectivity index (χ0) is 16.9. The van der Waals surface area contributed by atoms with E-state index in [9.17, 15) is 4.79 Å². The maximum atomic E-state index is 12.4. The lowest BCUT2D eigenvalue weighted by Crippen LogP contribution is -2.34. The Morgan fingerprint density at radius 2 is 2.04 bits per heavy atom. The van der Waals surface area contributed by atoms with Crippen LogP contribution in [0.2, 0.25) is 0 Å². The summed E-state index contributed by atoms with van der Waals surface area (Å²) in [7, 11) is 3.92. The smallest absolute Gasteiger partial charge is 0.263 e. The summed E-state index contributed by atoms with van der Waals surface area (Å²) in [6.45, 7) is 0.470. The van der Waals surface area contributed by atoms with Crippen LogP contribution in [0.1, 0.15) is 21.5 Å². The fraction of sp³-hybridized carbons (Fsp3) is 0.222. The van der Waals surface area contributed by atoms with Gasteiger partial charge in [-0.2, -0.15) is 0 Å². The average molecular weight is 341 g/mol. The molecule has 6 heteroatoms. The van der Waals surface area contributed by atoms with Gasteiger partial charge in [0.15, 0.2) is 0 Å². The van der Waals surface area contributed by atoms with Gasteiger partial charge >= 0.3 is 0 Å². The van der Waals surface area contributed by atoms with Crippen LogP contribution in [0.5, 0.6) is 0 Å². The van der Waals surface area contributed by atoms with Crippen molar-refractivity contribution in [2.45, 2.75) is 6.04 Å². The van der Waals surface area contributed by atoms with Crippen LogP contribution in [-0.4, -0.2) is 36.4 Å². The lowest BCUT2D eigenvalue weighted by Gasteiger charge is -2.22. The summed E-state index contributed by atoms with van der Waals surface area (Å²) >= 11 is 1.39. The highest BCUT2D eigenvalue weighted by molar-refractivity contribution is 7.16. The van der Waals surface area contributed by atoms with Gasteiger partial charge in [0.25, 0.3) is 5.91 Å². The molecule has 0 aliphatic rings. The number of aromatic nitrogens is 1. The first-order valence-corrected chi connectivity index (χ1v) is 8.46. The van der Waals surface area contributed by atoms with E-state index in [0.717, 1.165) is 16.3 Å². The van der Waals surface area contributed by atoms with Gasteiger partial charge in [0, 0.05) is 12.1 Å². The molecule has 1 N–H and O–H groups in total. The van der Waals surface area contributed by atoms with E-state index in [1.807, 2.05) is 61.5 Å². The zero-order valence-corrected chi connectivity index (χ0v) is 14.4. The summed E-state index contributed by atoms with van der Waals surface area (Å²) in [6, 6.07) is 13.6. The molecule has 24 heavy (non-hydrogen) atoms. The number of nitrogens with zero attached hydrogens (tertiary/aromatic N) is 2. The highest BCUT2D eigenvalue weighted by Crippen LogP contribution is 2.25. The van der Waals surface area contributed by atoms with E-state index in [0.29, 0.717) is 11.4 Å². The van der Waals surface area contributed by atoms with Crippen LogP contribution in [0.25, 0.3) is 10.6 Å². The number of rotatable bonds is 6. The Morgan fingerprint density at radius 1 is 1.25 bits per heavy atom. The second-order valence-electron chi connectivity index (χ2n) is 5.60. The Labute approximate surface area is 144 Å². The molecule has 2 aromatic heterocycles. The van der Waals surface area contributed by atoms with Crippen LogP contribution in [0.15, 0.2) is 59.3 Å². The Balaban J connectivity index is 1.66. The minimum atomic E-state index is -0.118. The summed E-state index contributed by atoms with van der Waals surface area (Å²) in [4.78, 5) is 19.4. The number of furan rings is 1. The molecule has 1 amide bonds. The van der Waals surface area contributed by atoms with E-state index in [-0.39, 0.29) is 11.9 Å². The summed E-state index contributed by atoms with van der Waals surface area (Å²) in [5, 5.41) is 3.81. The number of benzene rings is 1. The molecular weight excluding hydrogens is 322 g/mol. The molecule has 0 radical (unpaired) electrons. The van der Waals surface area contributed by atoms with E-state index < -0.39 is 0 Å². The van der Waals surface area contributed by atoms with Crippen molar-refractivity contribution in [3.8, 4) is 10.6 Å². The van der Waals surface area contributed by atoms with Gasteiger partial charge in [0.05, 0.1) is 18.5 Å². The van der Waals surface area contributed by atoms with Crippen molar-refractivity contribution < 1.29 is 9.21 Å². The minimum absolute atomic E-state index is 0.00883. The molecule has 1 atom stereocenters. The number of nitrogens with one attached hydrogen (secondary N) is 1.